The van der Waals surface area contributed by atoms with E-state index in [9.17, 15) is 9.18 Å². The van der Waals surface area contributed by atoms with E-state index in [0.29, 0.717) is 18.5 Å². The van der Waals surface area contributed by atoms with Crippen LogP contribution in [0.4, 0.5) is 4.39 Å². The smallest absolute Gasteiger partial charge is 0.222 e. The average molecular weight is 434 g/mol. The Bertz CT molecular complexity index is 986. The predicted molar refractivity (Wildman–Crippen MR) is 127 cm³/mol. The Morgan fingerprint density at radius 3 is 2.16 bits per heavy atom. The molecule has 1 atom stereocenters. The topological polar surface area (TPSA) is 29.5 Å². The van der Waals surface area contributed by atoms with Crippen LogP contribution in [0.1, 0.15) is 56.2 Å². The van der Waals surface area contributed by atoms with Gasteiger partial charge in [0.25, 0.3) is 0 Å². The Morgan fingerprint density at radius 1 is 0.906 bits per heavy atom. The minimum atomic E-state index is -0.276. The summed E-state index contributed by atoms with van der Waals surface area (Å²) in [5, 5.41) is 0. The number of benzene rings is 3. The van der Waals surface area contributed by atoms with E-state index < -0.39 is 0 Å². The molecule has 3 aromatic rings. The lowest BCUT2D eigenvalue weighted by molar-refractivity contribution is -0.131. The van der Waals surface area contributed by atoms with Gasteiger partial charge < -0.3 is 9.64 Å². The summed E-state index contributed by atoms with van der Waals surface area (Å²) < 4.78 is 20.0. The van der Waals surface area contributed by atoms with Gasteiger partial charge in [-0.3, -0.25) is 4.79 Å². The number of rotatable bonds is 10. The molecule has 0 aliphatic carbocycles. The van der Waals surface area contributed by atoms with Gasteiger partial charge in [0, 0.05) is 31.0 Å². The van der Waals surface area contributed by atoms with Gasteiger partial charge in [-0.25, -0.2) is 4.39 Å². The molecule has 32 heavy (non-hydrogen) atoms. The number of carbonyl (C=O) groups excluding carboxylic acids is 1. The number of nitrogens with zero attached hydrogens (tertiary/aromatic N) is 1. The molecule has 1 unspecified atom stereocenters. The second kappa shape index (κ2) is 11.5. The number of amides is 1. The van der Waals surface area contributed by atoms with Crippen molar-refractivity contribution in [2.75, 3.05) is 6.54 Å². The molecule has 0 heterocycles. The van der Waals surface area contributed by atoms with Gasteiger partial charge in [-0.15, -0.1) is 0 Å². The Kier molecular flexibility index (Phi) is 8.43. The third-order valence-corrected chi connectivity index (χ3v) is 5.52. The van der Waals surface area contributed by atoms with Gasteiger partial charge in [0.05, 0.1) is 6.10 Å². The van der Waals surface area contributed by atoms with Gasteiger partial charge in [0.15, 0.2) is 0 Å². The first-order valence-electron chi connectivity index (χ1n) is 11.3. The van der Waals surface area contributed by atoms with E-state index >= 15 is 0 Å². The molecule has 0 saturated carbocycles. The summed E-state index contributed by atoms with van der Waals surface area (Å²) in [5.74, 6) is 0.720. The van der Waals surface area contributed by atoms with Crippen molar-refractivity contribution in [2.24, 2.45) is 0 Å². The molecule has 4 heteroatoms. The lowest BCUT2D eigenvalue weighted by Crippen LogP contribution is -2.32. The highest BCUT2D eigenvalue weighted by molar-refractivity contribution is 5.75. The Hall–Kier alpha value is -3.14. The van der Waals surface area contributed by atoms with Crippen LogP contribution in [0.2, 0.25) is 0 Å². The lowest BCUT2D eigenvalue weighted by Gasteiger charge is -2.26. The third kappa shape index (κ3) is 6.43. The molecule has 3 nitrogen and oxygen atoms in total. The zero-order valence-electron chi connectivity index (χ0n) is 19.1. The molecule has 0 bridgehead atoms. The van der Waals surface area contributed by atoms with Crippen molar-refractivity contribution in [2.45, 2.75) is 52.2 Å². The predicted octanol–water partition coefficient (Wildman–Crippen LogP) is 6.57. The first-order valence-corrected chi connectivity index (χ1v) is 11.3. The summed E-state index contributed by atoms with van der Waals surface area (Å²) in [7, 11) is 0. The van der Waals surface area contributed by atoms with E-state index in [1.165, 1.54) is 17.2 Å². The Balaban J connectivity index is 1.82. The van der Waals surface area contributed by atoms with Gasteiger partial charge in [-0.1, -0.05) is 67.6 Å². The van der Waals surface area contributed by atoms with E-state index in [1.807, 2.05) is 51.1 Å². The minimum Gasteiger partial charge on any atom is -0.491 e. The molecule has 3 rings (SSSR count). The number of ether oxygens (including phenoxy) is 1. The highest BCUT2D eigenvalue weighted by Gasteiger charge is 2.19. The largest absolute Gasteiger partial charge is 0.491 e. The van der Waals surface area contributed by atoms with Crippen LogP contribution in [-0.4, -0.2) is 23.5 Å². The van der Waals surface area contributed by atoms with Crippen molar-refractivity contribution >= 4 is 5.91 Å². The molecule has 0 aromatic heterocycles. The number of hydrogen-bond acceptors (Lipinski definition) is 2. The van der Waals surface area contributed by atoms with E-state index in [-0.39, 0.29) is 30.3 Å². The molecule has 0 spiro atoms. The maximum atomic E-state index is 14.2. The summed E-state index contributed by atoms with van der Waals surface area (Å²) in [4.78, 5) is 14.4. The van der Waals surface area contributed by atoms with E-state index in [2.05, 4.69) is 24.3 Å². The van der Waals surface area contributed by atoms with Gasteiger partial charge in [0.2, 0.25) is 5.91 Å². The van der Waals surface area contributed by atoms with Crippen LogP contribution in [-0.2, 0) is 11.3 Å². The summed E-state index contributed by atoms with van der Waals surface area (Å²) in [6.07, 6.45) is 1.26. The number of hydrogen-bond donors (Lipinski definition) is 0. The fraction of sp³-hybridized carbons (Fsp3) is 0.321. The molecule has 3 aromatic carbocycles. The molecular weight excluding hydrogens is 401 g/mol. The molecule has 0 fully saturated rings. The van der Waals surface area contributed by atoms with E-state index in [4.69, 9.17) is 4.74 Å². The molecule has 0 aliphatic heterocycles. The number of halogens is 1. The van der Waals surface area contributed by atoms with Crippen LogP contribution >= 0.6 is 0 Å². The quantitative estimate of drug-likeness (QED) is 0.362. The average Bonchev–Trinajstić information content (AvgIpc) is 2.80. The van der Waals surface area contributed by atoms with Crippen LogP contribution in [0.15, 0.2) is 78.9 Å². The lowest BCUT2D eigenvalue weighted by atomic mass is 9.88. The summed E-state index contributed by atoms with van der Waals surface area (Å²) in [5.41, 5.74) is 2.91. The number of carbonyl (C=O) groups is 1. The molecule has 1 amide bonds. The summed E-state index contributed by atoms with van der Waals surface area (Å²) in [6, 6.07) is 25.2. The highest BCUT2D eigenvalue weighted by atomic mass is 19.1. The van der Waals surface area contributed by atoms with Crippen molar-refractivity contribution in [1.29, 1.82) is 0 Å². The fourth-order valence-corrected chi connectivity index (χ4v) is 3.89. The van der Waals surface area contributed by atoms with Crippen molar-refractivity contribution < 1.29 is 13.9 Å². The Morgan fingerprint density at radius 2 is 1.53 bits per heavy atom. The van der Waals surface area contributed by atoms with Crippen LogP contribution in [0.5, 0.6) is 5.75 Å². The first kappa shape index (κ1) is 23.5. The van der Waals surface area contributed by atoms with Gasteiger partial charge >= 0.3 is 0 Å². The molecule has 0 N–H and O–H groups in total. The second-order valence-corrected chi connectivity index (χ2v) is 8.25. The van der Waals surface area contributed by atoms with Gasteiger partial charge in [0.1, 0.15) is 11.6 Å². The summed E-state index contributed by atoms with van der Waals surface area (Å²) in [6.45, 7) is 6.69. The maximum absolute atomic E-state index is 14.2. The Labute approximate surface area is 190 Å². The fourth-order valence-electron chi connectivity index (χ4n) is 3.89. The van der Waals surface area contributed by atoms with Crippen molar-refractivity contribution in [3.8, 4) is 5.75 Å². The van der Waals surface area contributed by atoms with Crippen LogP contribution in [0.3, 0.4) is 0 Å². The van der Waals surface area contributed by atoms with Crippen molar-refractivity contribution in [3.63, 3.8) is 0 Å². The van der Waals surface area contributed by atoms with Crippen LogP contribution in [0, 0.1) is 5.82 Å². The van der Waals surface area contributed by atoms with Crippen molar-refractivity contribution in [1.82, 2.24) is 4.90 Å². The standard InChI is InChI=1S/C28H32FNO2/c1-4-28(31)30(20-24-12-8-9-13-27(24)29)19-18-26(22-10-6-5-7-11-22)23-14-16-25(17-15-23)32-21(2)3/h5-17,21,26H,4,18-20H2,1-3H3. The van der Waals surface area contributed by atoms with Gasteiger partial charge in [-0.05, 0) is 49.6 Å². The maximum Gasteiger partial charge on any atom is 0.222 e. The first-order chi connectivity index (χ1) is 15.5. The normalized spacial score (nSPS) is 11.9. The van der Waals surface area contributed by atoms with Crippen molar-refractivity contribution in [3.05, 3.63) is 101 Å². The van der Waals surface area contributed by atoms with E-state index in [0.717, 1.165) is 12.2 Å². The molecule has 0 saturated heterocycles. The third-order valence-electron chi connectivity index (χ3n) is 5.52. The zero-order chi connectivity index (χ0) is 22.9. The second-order valence-electron chi connectivity index (χ2n) is 8.25. The van der Waals surface area contributed by atoms with Gasteiger partial charge in [-0.2, -0.15) is 0 Å². The van der Waals surface area contributed by atoms with Crippen LogP contribution < -0.4 is 4.74 Å². The summed E-state index contributed by atoms with van der Waals surface area (Å²) >= 11 is 0. The van der Waals surface area contributed by atoms with Crippen LogP contribution in [0.25, 0.3) is 0 Å². The monoisotopic (exact) mass is 433 g/mol. The SMILES string of the molecule is CCC(=O)N(CCC(c1ccccc1)c1ccc(OC(C)C)cc1)Cc1ccccc1F. The molecule has 0 radical (unpaired) electrons. The molecule has 168 valence electrons. The zero-order valence-corrected chi connectivity index (χ0v) is 19.1. The minimum absolute atomic E-state index is 0.0285. The molecule has 0 aliphatic rings. The van der Waals surface area contributed by atoms with E-state index in [1.54, 1.807) is 23.1 Å². The molecular formula is C28H32FNO2. The highest BCUT2D eigenvalue weighted by Crippen LogP contribution is 2.30.